The summed E-state index contributed by atoms with van der Waals surface area (Å²) in [4.78, 5) is 14.2. The first-order valence-electron chi connectivity index (χ1n) is 6.76. The van der Waals surface area contributed by atoms with Crippen LogP contribution < -0.4 is 5.32 Å². The minimum atomic E-state index is -0.375. The molecule has 0 radical (unpaired) electrons. The zero-order valence-electron chi connectivity index (χ0n) is 11.5. The fourth-order valence-corrected chi connectivity index (χ4v) is 3.23. The van der Waals surface area contributed by atoms with Gasteiger partial charge in [-0.2, -0.15) is 0 Å². The van der Waals surface area contributed by atoms with Crippen LogP contribution >= 0.6 is 11.3 Å². The summed E-state index contributed by atoms with van der Waals surface area (Å²) in [5.74, 6) is -0.234. The molecule has 0 bridgehead atoms. The summed E-state index contributed by atoms with van der Waals surface area (Å²) in [6.07, 6.45) is 3.38. The van der Waals surface area contributed by atoms with Gasteiger partial charge in [0.2, 0.25) is 0 Å². The van der Waals surface area contributed by atoms with E-state index in [9.17, 15) is 4.79 Å². The van der Waals surface area contributed by atoms with Crippen LogP contribution in [0.1, 0.15) is 35.6 Å². The molecule has 2 atom stereocenters. The molecule has 0 aliphatic carbocycles. The molecule has 4 nitrogen and oxygen atoms in total. The van der Waals surface area contributed by atoms with E-state index in [0.29, 0.717) is 6.54 Å². The second kappa shape index (κ2) is 7.03. The predicted molar refractivity (Wildman–Crippen MR) is 75.4 cm³/mol. The first-order chi connectivity index (χ1) is 9.24. The number of esters is 1. The topological polar surface area (TPSA) is 47.6 Å². The van der Waals surface area contributed by atoms with Gasteiger partial charge >= 0.3 is 5.97 Å². The van der Waals surface area contributed by atoms with Crippen molar-refractivity contribution in [3.8, 4) is 0 Å². The van der Waals surface area contributed by atoms with Crippen molar-refractivity contribution < 1.29 is 14.3 Å². The van der Waals surface area contributed by atoms with E-state index < -0.39 is 0 Å². The summed E-state index contributed by atoms with van der Waals surface area (Å²) in [7, 11) is 1.43. The predicted octanol–water partition coefficient (Wildman–Crippen LogP) is 2.29. The molecule has 2 heterocycles. The van der Waals surface area contributed by atoms with Gasteiger partial charge < -0.3 is 9.47 Å². The van der Waals surface area contributed by atoms with Gasteiger partial charge in [-0.3, -0.25) is 5.32 Å². The highest BCUT2D eigenvalue weighted by Crippen LogP contribution is 2.25. The molecule has 0 spiro atoms. The molecule has 1 saturated heterocycles. The van der Waals surface area contributed by atoms with Gasteiger partial charge in [0.1, 0.15) is 6.04 Å². The minimum Gasteiger partial charge on any atom is -0.468 e. The third-order valence-electron chi connectivity index (χ3n) is 3.33. The van der Waals surface area contributed by atoms with Crippen LogP contribution in [-0.2, 0) is 20.7 Å². The molecule has 1 aromatic heterocycles. The van der Waals surface area contributed by atoms with E-state index in [0.717, 1.165) is 30.7 Å². The maximum absolute atomic E-state index is 11.9. The Hall–Kier alpha value is -0.910. The van der Waals surface area contributed by atoms with Gasteiger partial charge in [-0.05, 0) is 31.4 Å². The van der Waals surface area contributed by atoms with Crippen molar-refractivity contribution in [1.82, 2.24) is 5.32 Å². The van der Waals surface area contributed by atoms with Gasteiger partial charge in [-0.25, -0.2) is 4.79 Å². The highest BCUT2D eigenvalue weighted by molar-refractivity contribution is 7.12. The van der Waals surface area contributed by atoms with Crippen molar-refractivity contribution in [1.29, 1.82) is 0 Å². The summed E-state index contributed by atoms with van der Waals surface area (Å²) in [5, 5.41) is 3.28. The molecule has 0 aromatic carbocycles. The number of aryl methyl sites for hydroxylation is 1. The number of nitrogens with one attached hydrogen (secondary N) is 1. The number of carbonyl (C=O) groups excluding carboxylic acids is 1. The Morgan fingerprint density at radius 2 is 2.47 bits per heavy atom. The zero-order chi connectivity index (χ0) is 13.7. The molecule has 1 aromatic rings. The minimum absolute atomic E-state index is 0.220. The standard InChI is InChI=1S/C14H21NO3S/c1-3-11-6-7-12(19-11)13(14(16)17-2)15-9-10-5-4-8-18-10/h6-7,10,13,15H,3-5,8-9H2,1-2H3. The Morgan fingerprint density at radius 1 is 1.63 bits per heavy atom. The van der Waals surface area contributed by atoms with Crippen molar-refractivity contribution in [2.45, 2.75) is 38.3 Å². The molecule has 2 unspecified atom stereocenters. The molecule has 19 heavy (non-hydrogen) atoms. The maximum Gasteiger partial charge on any atom is 0.328 e. The van der Waals surface area contributed by atoms with E-state index in [1.165, 1.54) is 12.0 Å². The molecule has 2 rings (SSSR count). The fourth-order valence-electron chi connectivity index (χ4n) is 2.21. The summed E-state index contributed by atoms with van der Waals surface area (Å²) in [6, 6.07) is 3.71. The van der Waals surface area contributed by atoms with Crippen LogP contribution in [-0.4, -0.2) is 32.3 Å². The fraction of sp³-hybridized carbons (Fsp3) is 0.643. The van der Waals surface area contributed by atoms with Crippen LogP contribution in [0, 0.1) is 0 Å². The zero-order valence-corrected chi connectivity index (χ0v) is 12.3. The Bertz CT molecular complexity index is 413. The third kappa shape index (κ3) is 3.78. The van der Waals surface area contributed by atoms with Crippen LogP contribution in [0.3, 0.4) is 0 Å². The van der Waals surface area contributed by atoms with Crippen molar-refractivity contribution in [2.24, 2.45) is 0 Å². The first-order valence-corrected chi connectivity index (χ1v) is 7.57. The first kappa shape index (κ1) is 14.5. The molecule has 1 aliphatic rings. The average molecular weight is 283 g/mol. The Morgan fingerprint density at radius 3 is 3.05 bits per heavy atom. The second-order valence-corrected chi connectivity index (χ2v) is 5.86. The molecule has 1 aliphatic heterocycles. The Kier molecular flexibility index (Phi) is 5.36. The quantitative estimate of drug-likeness (QED) is 0.814. The smallest absolute Gasteiger partial charge is 0.328 e. The lowest BCUT2D eigenvalue weighted by atomic mass is 10.2. The van der Waals surface area contributed by atoms with E-state index in [1.54, 1.807) is 11.3 Å². The number of rotatable bonds is 6. The lowest BCUT2D eigenvalue weighted by Crippen LogP contribution is -2.34. The molecular weight excluding hydrogens is 262 g/mol. The van der Waals surface area contributed by atoms with Crippen LogP contribution in [0.25, 0.3) is 0 Å². The van der Waals surface area contributed by atoms with Gasteiger partial charge in [0.15, 0.2) is 0 Å². The Balaban J connectivity index is 2.00. The van der Waals surface area contributed by atoms with Gasteiger partial charge in [0.25, 0.3) is 0 Å². The summed E-state index contributed by atoms with van der Waals surface area (Å²) in [5.41, 5.74) is 0. The number of ether oxygens (including phenoxy) is 2. The van der Waals surface area contributed by atoms with Crippen molar-refractivity contribution >= 4 is 17.3 Å². The van der Waals surface area contributed by atoms with Crippen LogP contribution in [0.4, 0.5) is 0 Å². The van der Waals surface area contributed by atoms with Crippen molar-refractivity contribution in [3.05, 3.63) is 21.9 Å². The summed E-state index contributed by atoms with van der Waals surface area (Å²) in [6.45, 7) is 3.63. The van der Waals surface area contributed by atoms with Crippen LogP contribution in [0.2, 0.25) is 0 Å². The highest BCUT2D eigenvalue weighted by Gasteiger charge is 2.25. The lowest BCUT2D eigenvalue weighted by molar-refractivity contribution is -0.143. The van der Waals surface area contributed by atoms with Crippen LogP contribution in [0.5, 0.6) is 0 Å². The van der Waals surface area contributed by atoms with E-state index >= 15 is 0 Å². The average Bonchev–Trinajstić information content (AvgIpc) is 3.09. The molecule has 0 saturated carbocycles. The number of hydrogen-bond donors (Lipinski definition) is 1. The van der Waals surface area contributed by atoms with E-state index in [2.05, 4.69) is 18.3 Å². The highest BCUT2D eigenvalue weighted by atomic mass is 32.1. The monoisotopic (exact) mass is 283 g/mol. The summed E-state index contributed by atoms with van der Waals surface area (Å²) >= 11 is 1.66. The van der Waals surface area contributed by atoms with Crippen molar-refractivity contribution in [2.75, 3.05) is 20.3 Å². The van der Waals surface area contributed by atoms with E-state index in [1.807, 2.05) is 6.07 Å². The van der Waals surface area contributed by atoms with Crippen LogP contribution in [0.15, 0.2) is 12.1 Å². The molecule has 0 amide bonds. The largest absolute Gasteiger partial charge is 0.468 e. The van der Waals surface area contributed by atoms with Gasteiger partial charge in [0.05, 0.1) is 13.2 Å². The third-order valence-corrected chi connectivity index (χ3v) is 4.62. The second-order valence-electron chi connectivity index (χ2n) is 4.66. The summed E-state index contributed by atoms with van der Waals surface area (Å²) < 4.78 is 10.5. The van der Waals surface area contributed by atoms with Gasteiger partial charge in [-0.15, -0.1) is 11.3 Å². The molecule has 5 heteroatoms. The lowest BCUT2D eigenvalue weighted by Gasteiger charge is -2.17. The maximum atomic E-state index is 11.9. The van der Waals surface area contributed by atoms with Crippen molar-refractivity contribution in [3.63, 3.8) is 0 Å². The molecule has 1 N–H and O–H groups in total. The number of carbonyl (C=O) groups is 1. The number of hydrogen-bond acceptors (Lipinski definition) is 5. The number of methoxy groups -OCH3 is 1. The SMILES string of the molecule is CCc1ccc(C(NCC2CCCO2)C(=O)OC)s1. The van der Waals surface area contributed by atoms with Gasteiger partial charge in [-0.1, -0.05) is 6.92 Å². The van der Waals surface area contributed by atoms with E-state index in [-0.39, 0.29) is 18.1 Å². The molecule has 106 valence electrons. The Labute approximate surface area is 118 Å². The normalized spacial score (nSPS) is 20.4. The van der Waals surface area contributed by atoms with E-state index in [4.69, 9.17) is 9.47 Å². The molecular formula is C14H21NO3S. The van der Waals surface area contributed by atoms with Gasteiger partial charge in [0, 0.05) is 22.9 Å². The molecule has 1 fully saturated rings. The number of thiophene rings is 1.